The molecule has 2 aromatic rings. The highest BCUT2D eigenvalue weighted by molar-refractivity contribution is 5.95. The minimum absolute atomic E-state index is 0.00781. The van der Waals surface area contributed by atoms with Gasteiger partial charge in [0.25, 0.3) is 5.91 Å². The van der Waals surface area contributed by atoms with E-state index in [1.165, 1.54) is 0 Å². The van der Waals surface area contributed by atoms with E-state index in [1.807, 2.05) is 58.0 Å². The summed E-state index contributed by atoms with van der Waals surface area (Å²) >= 11 is 0. The molecule has 0 unspecified atom stereocenters. The SMILES string of the molecule is Cc1cc(C(=O)NCc2ccc(NC(=O)C(C)C)cc2)c(C)n1C(C)C. The van der Waals surface area contributed by atoms with Crippen LogP contribution in [0.3, 0.4) is 0 Å². The molecule has 0 aliphatic rings. The Morgan fingerprint density at radius 3 is 2.15 bits per heavy atom. The van der Waals surface area contributed by atoms with E-state index in [0.29, 0.717) is 12.6 Å². The number of rotatable bonds is 6. The number of anilines is 1. The minimum atomic E-state index is -0.0674. The molecule has 140 valence electrons. The summed E-state index contributed by atoms with van der Waals surface area (Å²) in [6.07, 6.45) is 0. The number of hydrogen-bond donors (Lipinski definition) is 2. The highest BCUT2D eigenvalue weighted by atomic mass is 16.2. The lowest BCUT2D eigenvalue weighted by Gasteiger charge is -2.13. The standard InChI is InChI=1S/C21H29N3O2/c1-13(2)20(25)23-18-9-7-17(8-10-18)12-22-21(26)19-11-15(5)24(14(3)4)16(19)6/h7-11,13-14H,12H2,1-6H3,(H,22,26)(H,23,25). The molecular formula is C21H29N3O2. The zero-order valence-electron chi connectivity index (χ0n) is 16.5. The molecule has 2 amide bonds. The third-order valence-corrected chi connectivity index (χ3v) is 4.44. The van der Waals surface area contributed by atoms with Crippen molar-refractivity contribution in [1.82, 2.24) is 9.88 Å². The van der Waals surface area contributed by atoms with Crippen LogP contribution in [0, 0.1) is 19.8 Å². The maximum absolute atomic E-state index is 12.5. The summed E-state index contributed by atoms with van der Waals surface area (Å²) in [6, 6.07) is 9.79. The molecule has 1 heterocycles. The van der Waals surface area contributed by atoms with Crippen LogP contribution in [0.2, 0.25) is 0 Å². The number of nitrogens with zero attached hydrogens (tertiary/aromatic N) is 1. The lowest BCUT2D eigenvalue weighted by Crippen LogP contribution is -2.23. The van der Waals surface area contributed by atoms with Crippen LogP contribution in [0.4, 0.5) is 5.69 Å². The highest BCUT2D eigenvalue weighted by Crippen LogP contribution is 2.20. The molecule has 1 aromatic heterocycles. The number of nitrogens with one attached hydrogen (secondary N) is 2. The summed E-state index contributed by atoms with van der Waals surface area (Å²) in [4.78, 5) is 24.2. The molecule has 5 nitrogen and oxygen atoms in total. The van der Waals surface area contributed by atoms with Crippen LogP contribution in [-0.2, 0) is 11.3 Å². The summed E-state index contributed by atoms with van der Waals surface area (Å²) in [5.41, 5.74) is 4.55. The fraction of sp³-hybridized carbons (Fsp3) is 0.429. The monoisotopic (exact) mass is 355 g/mol. The zero-order valence-corrected chi connectivity index (χ0v) is 16.5. The number of hydrogen-bond acceptors (Lipinski definition) is 2. The summed E-state index contributed by atoms with van der Waals surface area (Å²) in [6.45, 7) is 12.4. The maximum Gasteiger partial charge on any atom is 0.253 e. The second kappa shape index (κ2) is 8.21. The smallest absolute Gasteiger partial charge is 0.253 e. The van der Waals surface area contributed by atoms with E-state index in [-0.39, 0.29) is 17.7 Å². The largest absolute Gasteiger partial charge is 0.348 e. The van der Waals surface area contributed by atoms with Gasteiger partial charge in [0.1, 0.15) is 0 Å². The van der Waals surface area contributed by atoms with Crippen molar-refractivity contribution >= 4 is 17.5 Å². The van der Waals surface area contributed by atoms with Crippen LogP contribution in [0.1, 0.15) is 61.0 Å². The topological polar surface area (TPSA) is 63.1 Å². The van der Waals surface area contributed by atoms with E-state index in [4.69, 9.17) is 0 Å². The van der Waals surface area contributed by atoms with Gasteiger partial charge in [-0.05, 0) is 51.5 Å². The van der Waals surface area contributed by atoms with Crippen LogP contribution in [-0.4, -0.2) is 16.4 Å². The minimum Gasteiger partial charge on any atom is -0.348 e. The van der Waals surface area contributed by atoms with Crippen molar-refractivity contribution < 1.29 is 9.59 Å². The molecule has 1 aromatic carbocycles. The van der Waals surface area contributed by atoms with Gasteiger partial charge in [-0.15, -0.1) is 0 Å². The Morgan fingerprint density at radius 1 is 1.04 bits per heavy atom. The Hall–Kier alpha value is -2.56. The normalized spacial score (nSPS) is 11.1. The van der Waals surface area contributed by atoms with Crippen LogP contribution >= 0.6 is 0 Å². The predicted molar refractivity (Wildman–Crippen MR) is 105 cm³/mol. The maximum atomic E-state index is 12.5. The molecule has 0 saturated heterocycles. The molecule has 0 saturated carbocycles. The molecule has 5 heteroatoms. The molecule has 2 N–H and O–H groups in total. The fourth-order valence-electron chi connectivity index (χ4n) is 3.07. The van der Waals surface area contributed by atoms with Crippen molar-refractivity contribution in [3.05, 3.63) is 52.8 Å². The van der Waals surface area contributed by atoms with Crippen LogP contribution in [0.5, 0.6) is 0 Å². The van der Waals surface area contributed by atoms with Gasteiger partial charge in [-0.2, -0.15) is 0 Å². The third kappa shape index (κ3) is 4.54. The van der Waals surface area contributed by atoms with Gasteiger partial charge in [-0.3, -0.25) is 9.59 Å². The van der Waals surface area contributed by atoms with Gasteiger partial charge >= 0.3 is 0 Å². The summed E-state index contributed by atoms with van der Waals surface area (Å²) < 4.78 is 2.17. The number of carbonyl (C=O) groups is 2. The molecule has 0 aliphatic heterocycles. The fourth-order valence-corrected chi connectivity index (χ4v) is 3.07. The van der Waals surface area contributed by atoms with E-state index < -0.39 is 0 Å². The molecule has 0 aliphatic carbocycles. The Morgan fingerprint density at radius 2 is 1.65 bits per heavy atom. The van der Waals surface area contributed by atoms with Gasteiger partial charge in [-0.1, -0.05) is 26.0 Å². The Bertz CT molecular complexity index is 786. The second-order valence-electron chi connectivity index (χ2n) is 7.27. The molecular weight excluding hydrogens is 326 g/mol. The van der Waals surface area contributed by atoms with Crippen molar-refractivity contribution in [2.45, 2.75) is 54.1 Å². The first kappa shape index (κ1) is 19.8. The van der Waals surface area contributed by atoms with Crippen molar-refractivity contribution in [3.63, 3.8) is 0 Å². The van der Waals surface area contributed by atoms with E-state index in [9.17, 15) is 9.59 Å². The van der Waals surface area contributed by atoms with Crippen molar-refractivity contribution in [2.24, 2.45) is 5.92 Å². The molecule has 2 rings (SSSR count). The first-order valence-corrected chi connectivity index (χ1v) is 9.07. The number of aromatic nitrogens is 1. The molecule has 0 radical (unpaired) electrons. The van der Waals surface area contributed by atoms with E-state index >= 15 is 0 Å². The van der Waals surface area contributed by atoms with Gasteiger partial charge in [0.2, 0.25) is 5.91 Å². The molecule has 0 atom stereocenters. The van der Waals surface area contributed by atoms with E-state index in [0.717, 1.165) is 28.2 Å². The summed E-state index contributed by atoms with van der Waals surface area (Å²) in [5, 5.41) is 5.83. The first-order valence-electron chi connectivity index (χ1n) is 9.07. The van der Waals surface area contributed by atoms with Crippen molar-refractivity contribution in [2.75, 3.05) is 5.32 Å². The lowest BCUT2D eigenvalue weighted by atomic mass is 10.1. The number of aryl methyl sites for hydroxylation is 1. The zero-order chi connectivity index (χ0) is 19.4. The second-order valence-corrected chi connectivity index (χ2v) is 7.27. The third-order valence-electron chi connectivity index (χ3n) is 4.44. The highest BCUT2D eigenvalue weighted by Gasteiger charge is 2.16. The van der Waals surface area contributed by atoms with Crippen LogP contribution in [0.15, 0.2) is 30.3 Å². The Balaban J connectivity index is 2.00. The summed E-state index contributed by atoms with van der Waals surface area (Å²) in [7, 11) is 0. The summed E-state index contributed by atoms with van der Waals surface area (Å²) in [5.74, 6) is -0.132. The number of amides is 2. The van der Waals surface area contributed by atoms with Gasteiger partial charge in [0.05, 0.1) is 5.56 Å². The molecule has 0 spiro atoms. The Labute approximate surface area is 155 Å². The van der Waals surface area contributed by atoms with E-state index in [2.05, 4.69) is 29.0 Å². The first-order chi connectivity index (χ1) is 12.2. The molecule has 0 fully saturated rings. The molecule has 0 bridgehead atoms. The van der Waals surface area contributed by atoms with E-state index in [1.54, 1.807) is 0 Å². The number of benzene rings is 1. The number of carbonyl (C=O) groups excluding carboxylic acids is 2. The van der Waals surface area contributed by atoms with Gasteiger partial charge in [0.15, 0.2) is 0 Å². The lowest BCUT2D eigenvalue weighted by molar-refractivity contribution is -0.118. The average Bonchev–Trinajstić information content (AvgIpc) is 2.88. The quantitative estimate of drug-likeness (QED) is 0.815. The van der Waals surface area contributed by atoms with Crippen molar-refractivity contribution in [1.29, 1.82) is 0 Å². The average molecular weight is 355 g/mol. The van der Waals surface area contributed by atoms with Crippen LogP contribution in [0.25, 0.3) is 0 Å². The van der Waals surface area contributed by atoms with Gasteiger partial charge < -0.3 is 15.2 Å². The predicted octanol–water partition coefficient (Wildman–Crippen LogP) is 4.21. The Kier molecular flexibility index (Phi) is 6.24. The van der Waals surface area contributed by atoms with Crippen molar-refractivity contribution in [3.8, 4) is 0 Å². The van der Waals surface area contributed by atoms with Gasteiger partial charge in [0, 0.05) is 35.6 Å². The molecule has 26 heavy (non-hydrogen) atoms. The van der Waals surface area contributed by atoms with Gasteiger partial charge in [-0.25, -0.2) is 0 Å². The van der Waals surface area contributed by atoms with Crippen LogP contribution < -0.4 is 10.6 Å².